The van der Waals surface area contributed by atoms with Crippen molar-refractivity contribution in [1.82, 2.24) is 4.98 Å². The highest BCUT2D eigenvalue weighted by Gasteiger charge is 2.21. The molecule has 3 heteroatoms. The maximum absolute atomic E-state index is 9.89. The van der Waals surface area contributed by atoms with Gasteiger partial charge in [0.2, 0.25) is 0 Å². The largest absolute Gasteiger partial charge is 0.390 e. The van der Waals surface area contributed by atoms with Crippen LogP contribution in [0.25, 0.3) is 0 Å². The van der Waals surface area contributed by atoms with Gasteiger partial charge in [0.05, 0.1) is 5.60 Å². The van der Waals surface area contributed by atoms with Crippen LogP contribution in [0.5, 0.6) is 0 Å². The monoisotopic (exact) mass is 220 g/mol. The minimum absolute atomic E-state index is 0.659. The molecule has 16 heavy (non-hydrogen) atoms. The molecule has 0 aromatic carbocycles. The molecule has 0 spiro atoms. The van der Waals surface area contributed by atoms with Gasteiger partial charge in [-0.1, -0.05) is 6.07 Å². The van der Waals surface area contributed by atoms with Crippen molar-refractivity contribution in [2.45, 2.75) is 38.7 Å². The average Bonchev–Trinajstić information content (AvgIpc) is 2.69. The van der Waals surface area contributed by atoms with Gasteiger partial charge in [0.25, 0.3) is 0 Å². The molecule has 0 bridgehead atoms. The highest BCUT2D eigenvalue weighted by atomic mass is 16.3. The summed E-state index contributed by atoms with van der Waals surface area (Å²) in [4.78, 5) is 6.78. The average molecular weight is 220 g/mol. The molecule has 1 fully saturated rings. The minimum Gasteiger partial charge on any atom is -0.390 e. The van der Waals surface area contributed by atoms with Crippen LogP contribution in [0.2, 0.25) is 0 Å². The topological polar surface area (TPSA) is 36.4 Å². The van der Waals surface area contributed by atoms with Crippen molar-refractivity contribution in [3.05, 3.63) is 23.9 Å². The van der Waals surface area contributed by atoms with E-state index in [9.17, 15) is 5.11 Å². The molecule has 88 valence electrons. The lowest BCUT2D eigenvalue weighted by Gasteiger charge is -2.23. The number of hydrogen-bond donors (Lipinski definition) is 1. The van der Waals surface area contributed by atoms with Crippen LogP contribution < -0.4 is 4.90 Å². The maximum atomic E-state index is 9.89. The third-order valence-corrected chi connectivity index (χ3v) is 2.90. The molecule has 1 aliphatic rings. The lowest BCUT2D eigenvalue weighted by atomic mass is 9.99. The number of nitrogens with zero attached hydrogens (tertiary/aromatic N) is 2. The lowest BCUT2D eigenvalue weighted by molar-refractivity contribution is 0.0810. The maximum Gasteiger partial charge on any atom is 0.131 e. The molecular formula is C13H20N2O. The van der Waals surface area contributed by atoms with Crippen LogP contribution in [0.4, 0.5) is 5.82 Å². The Kier molecular flexibility index (Phi) is 3.15. The molecule has 0 unspecified atom stereocenters. The molecule has 3 nitrogen and oxygen atoms in total. The van der Waals surface area contributed by atoms with Crippen molar-refractivity contribution < 1.29 is 5.11 Å². The zero-order valence-electron chi connectivity index (χ0n) is 10.1. The van der Waals surface area contributed by atoms with Crippen molar-refractivity contribution in [1.29, 1.82) is 0 Å². The minimum atomic E-state index is -0.669. The summed E-state index contributed by atoms with van der Waals surface area (Å²) < 4.78 is 0. The first-order chi connectivity index (χ1) is 7.56. The first kappa shape index (κ1) is 11.4. The van der Waals surface area contributed by atoms with Gasteiger partial charge in [0.15, 0.2) is 0 Å². The fraction of sp³-hybridized carbons (Fsp3) is 0.615. The molecule has 1 saturated heterocycles. The van der Waals surface area contributed by atoms with E-state index >= 15 is 0 Å². The number of aromatic nitrogens is 1. The first-order valence-corrected chi connectivity index (χ1v) is 5.97. The molecule has 1 aromatic heterocycles. The molecule has 1 N–H and O–H groups in total. The molecule has 0 aliphatic carbocycles. The first-order valence-electron chi connectivity index (χ1n) is 5.97. The van der Waals surface area contributed by atoms with Crippen molar-refractivity contribution in [2.24, 2.45) is 0 Å². The van der Waals surface area contributed by atoms with Gasteiger partial charge in [0.1, 0.15) is 5.82 Å². The van der Waals surface area contributed by atoms with E-state index in [1.54, 1.807) is 0 Å². The van der Waals surface area contributed by atoms with E-state index in [1.165, 1.54) is 12.8 Å². The number of anilines is 1. The lowest BCUT2D eigenvalue weighted by Crippen LogP contribution is -2.26. The Morgan fingerprint density at radius 2 is 2.06 bits per heavy atom. The molecule has 0 saturated carbocycles. The van der Waals surface area contributed by atoms with Gasteiger partial charge in [-0.05, 0) is 38.3 Å². The van der Waals surface area contributed by atoms with Crippen LogP contribution in [0.15, 0.2) is 18.3 Å². The standard InChI is InChI=1S/C13H20N2O/c1-13(2,16)10-11-6-5-7-14-12(11)15-8-3-4-9-15/h5-7,16H,3-4,8-10H2,1-2H3. The summed E-state index contributed by atoms with van der Waals surface area (Å²) in [6, 6.07) is 4.01. The van der Waals surface area contributed by atoms with Gasteiger partial charge in [-0.25, -0.2) is 4.98 Å². The van der Waals surface area contributed by atoms with Gasteiger partial charge in [-0.2, -0.15) is 0 Å². The Morgan fingerprint density at radius 3 is 2.69 bits per heavy atom. The van der Waals surface area contributed by atoms with Gasteiger partial charge < -0.3 is 10.0 Å². The van der Waals surface area contributed by atoms with Crippen LogP contribution in [0.3, 0.4) is 0 Å². The highest BCUT2D eigenvalue weighted by molar-refractivity contribution is 5.48. The van der Waals surface area contributed by atoms with E-state index in [4.69, 9.17) is 0 Å². The van der Waals surface area contributed by atoms with Crippen LogP contribution >= 0.6 is 0 Å². The zero-order valence-corrected chi connectivity index (χ0v) is 10.1. The van der Waals surface area contributed by atoms with E-state index < -0.39 is 5.60 Å². The van der Waals surface area contributed by atoms with Crippen molar-refractivity contribution in [3.8, 4) is 0 Å². The van der Waals surface area contributed by atoms with E-state index in [2.05, 4.69) is 16.0 Å². The Morgan fingerprint density at radius 1 is 1.38 bits per heavy atom. The quantitative estimate of drug-likeness (QED) is 0.846. The summed E-state index contributed by atoms with van der Waals surface area (Å²) in [6.07, 6.45) is 4.99. The SMILES string of the molecule is CC(C)(O)Cc1cccnc1N1CCCC1. The normalized spacial score (nSPS) is 16.8. The van der Waals surface area contributed by atoms with Crippen molar-refractivity contribution in [2.75, 3.05) is 18.0 Å². The number of aliphatic hydroxyl groups is 1. The molecule has 0 atom stereocenters. The Bertz CT molecular complexity index is 351. The molecule has 2 heterocycles. The summed E-state index contributed by atoms with van der Waals surface area (Å²) in [5, 5.41) is 9.89. The second-order valence-corrected chi connectivity index (χ2v) is 5.17. The second-order valence-electron chi connectivity index (χ2n) is 5.17. The van der Waals surface area contributed by atoms with Crippen molar-refractivity contribution >= 4 is 5.82 Å². The summed E-state index contributed by atoms with van der Waals surface area (Å²) in [5.41, 5.74) is 0.481. The zero-order chi connectivity index (χ0) is 11.6. The molecule has 0 radical (unpaired) electrons. The highest BCUT2D eigenvalue weighted by Crippen LogP contribution is 2.24. The second kappa shape index (κ2) is 4.42. The third-order valence-electron chi connectivity index (χ3n) is 2.90. The van der Waals surface area contributed by atoms with Gasteiger partial charge in [-0.15, -0.1) is 0 Å². The number of pyridine rings is 1. The number of hydrogen-bond acceptors (Lipinski definition) is 3. The van der Waals surface area contributed by atoms with Crippen LogP contribution in [0, 0.1) is 0 Å². The smallest absolute Gasteiger partial charge is 0.131 e. The fourth-order valence-corrected chi connectivity index (χ4v) is 2.25. The Balaban J connectivity index is 2.23. The summed E-state index contributed by atoms with van der Waals surface area (Å²) in [7, 11) is 0. The van der Waals surface area contributed by atoms with Crippen LogP contribution in [-0.4, -0.2) is 28.8 Å². The Hall–Kier alpha value is -1.09. The van der Waals surface area contributed by atoms with E-state index in [1.807, 2.05) is 26.1 Å². The van der Waals surface area contributed by atoms with Gasteiger partial charge in [0, 0.05) is 25.7 Å². The molecular weight excluding hydrogens is 200 g/mol. The summed E-state index contributed by atoms with van der Waals surface area (Å²) >= 11 is 0. The number of rotatable bonds is 3. The summed E-state index contributed by atoms with van der Waals surface area (Å²) in [6.45, 7) is 5.87. The third kappa shape index (κ3) is 2.73. The Labute approximate surface area is 97.1 Å². The van der Waals surface area contributed by atoms with Gasteiger partial charge in [-0.3, -0.25) is 0 Å². The van der Waals surface area contributed by atoms with Crippen LogP contribution in [-0.2, 0) is 6.42 Å². The fourth-order valence-electron chi connectivity index (χ4n) is 2.25. The van der Waals surface area contributed by atoms with Gasteiger partial charge >= 0.3 is 0 Å². The van der Waals surface area contributed by atoms with E-state index in [0.29, 0.717) is 6.42 Å². The van der Waals surface area contributed by atoms with Crippen molar-refractivity contribution in [3.63, 3.8) is 0 Å². The molecule has 1 aliphatic heterocycles. The summed E-state index contributed by atoms with van der Waals surface area (Å²) in [5.74, 6) is 1.06. The van der Waals surface area contributed by atoms with E-state index in [0.717, 1.165) is 24.5 Å². The molecule has 2 rings (SSSR count). The predicted octanol–water partition coefficient (Wildman–Crippen LogP) is 2.00. The predicted molar refractivity (Wildman–Crippen MR) is 65.7 cm³/mol. The van der Waals surface area contributed by atoms with E-state index in [-0.39, 0.29) is 0 Å². The van der Waals surface area contributed by atoms with Crippen LogP contribution in [0.1, 0.15) is 32.3 Å². The molecule has 0 amide bonds. The molecule has 1 aromatic rings.